The van der Waals surface area contributed by atoms with Gasteiger partial charge in [-0.05, 0) is 32.3 Å². The lowest BCUT2D eigenvalue weighted by atomic mass is 9.93. The average molecular weight is 286 g/mol. The first-order valence-electron chi connectivity index (χ1n) is 7.75. The van der Waals surface area contributed by atoms with Gasteiger partial charge in [-0.1, -0.05) is 30.3 Å². The number of rotatable bonds is 2. The number of likely N-dealkylation sites (tertiary alicyclic amines) is 1. The Kier molecular flexibility index (Phi) is 3.81. The van der Waals surface area contributed by atoms with Gasteiger partial charge in [-0.25, -0.2) is 0 Å². The van der Waals surface area contributed by atoms with Crippen LogP contribution in [0.1, 0.15) is 44.6 Å². The first-order valence-corrected chi connectivity index (χ1v) is 7.75. The maximum Gasteiger partial charge on any atom is 0.237 e. The van der Waals surface area contributed by atoms with Crippen molar-refractivity contribution in [3.8, 4) is 0 Å². The molecule has 1 N–H and O–H groups in total. The summed E-state index contributed by atoms with van der Waals surface area (Å²) in [5.74, 6) is -0.355. The molecule has 0 saturated carbocycles. The van der Waals surface area contributed by atoms with Crippen LogP contribution in [0.15, 0.2) is 30.3 Å². The molecule has 2 aliphatic rings. The molecule has 112 valence electrons. The molecule has 4 unspecified atom stereocenters. The average Bonchev–Trinajstić information content (AvgIpc) is 2.76. The van der Waals surface area contributed by atoms with E-state index in [0.29, 0.717) is 12.5 Å². The molecule has 4 atom stereocenters. The lowest BCUT2D eigenvalue weighted by Crippen LogP contribution is -2.56. The van der Waals surface area contributed by atoms with Gasteiger partial charge in [0.25, 0.3) is 0 Å². The molecule has 0 aliphatic carbocycles. The van der Waals surface area contributed by atoms with Gasteiger partial charge in [0.2, 0.25) is 11.8 Å². The normalized spacial score (nSPS) is 33.5. The molecule has 4 nitrogen and oxygen atoms in total. The summed E-state index contributed by atoms with van der Waals surface area (Å²) in [6, 6.07) is 10.2. The van der Waals surface area contributed by atoms with Crippen LogP contribution in [0, 0.1) is 0 Å². The Balaban J connectivity index is 1.81. The van der Waals surface area contributed by atoms with Crippen molar-refractivity contribution in [3.05, 3.63) is 35.9 Å². The standard InChI is InChI=1S/C17H22N2O2/c1-11-8-9-15(12(2)18-11)19-16(20)10-14(17(19)21)13-6-4-3-5-7-13/h3-7,11-12,14-15,18H,8-10H2,1-2H3. The van der Waals surface area contributed by atoms with E-state index >= 15 is 0 Å². The number of hydrogen-bond donors (Lipinski definition) is 1. The summed E-state index contributed by atoms with van der Waals surface area (Å²) in [7, 11) is 0. The number of benzene rings is 1. The number of piperidine rings is 1. The molecule has 3 rings (SSSR count). The Hall–Kier alpha value is -1.68. The highest BCUT2D eigenvalue weighted by atomic mass is 16.2. The molecule has 21 heavy (non-hydrogen) atoms. The molecule has 0 aromatic heterocycles. The van der Waals surface area contributed by atoms with Gasteiger partial charge in [0, 0.05) is 18.5 Å². The van der Waals surface area contributed by atoms with Gasteiger partial charge in [0.15, 0.2) is 0 Å². The zero-order valence-corrected chi connectivity index (χ0v) is 12.6. The van der Waals surface area contributed by atoms with Crippen LogP contribution in [0.25, 0.3) is 0 Å². The minimum absolute atomic E-state index is 0.00471. The van der Waals surface area contributed by atoms with Gasteiger partial charge in [0.1, 0.15) is 0 Å². The summed E-state index contributed by atoms with van der Waals surface area (Å²) in [5, 5.41) is 3.46. The maximum atomic E-state index is 12.7. The molecule has 4 heteroatoms. The molecular formula is C17H22N2O2. The third-order valence-corrected chi connectivity index (χ3v) is 4.74. The Morgan fingerprint density at radius 1 is 1.10 bits per heavy atom. The van der Waals surface area contributed by atoms with Crippen LogP contribution in [-0.2, 0) is 9.59 Å². The van der Waals surface area contributed by atoms with E-state index in [1.54, 1.807) is 0 Å². The summed E-state index contributed by atoms with van der Waals surface area (Å²) in [6.07, 6.45) is 2.21. The van der Waals surface area contributed by atoms with Crippen molar-refractivity contribution in [2.45, 2.75) is 57.2 Å². The van der Waals surface area contributed by atoms with E-state index in [1.165, 1.54) is 4.90 Å². The van der Waals surface area contributed by atoms with Crippen LogP contribution in [-0.4, -0.2) is 34.8 Å². The van der Waals surface area contributed by atoms with E-state index in [0.717, 1.165) is 18.4 Å². The second kappa shape index (κ2) is 5.60. The molecule has 1 aromatic carbocycles. The minimum atomic E-state index is -0.301. The zero-order chi connectivity index (χ0) is 15.0. The first-order chi connectivity index (χ1) is 10.1. The molecule has 2 aliphatic heterocycles. The lowest BCUT2D eigenvalue weighted by molar-refractivity contribution is -0.142. The van der Waals surface area contributed by atoms with Gasteiger partial charge >= 0.3 is 0 Å². The monoisotopic (exact) mass is 286 g/mol. The highest BCUT2D eigenvalue weighted by molar-refractivity contribution is 6.06. The first kappa shape index (κ1) is 14.3. The fraction of sp³-hybridized carbons (Fsp3) is 0.529. The largest absolute Gasteiger partial charge is 0.310 e. The van der Waals surface area contributed by atoms with Crippen molar-refractivity contribution in [1.29, 1.82) is 0 Å². The number of carbonyl (C=O) groups excluding carboxylic acids is 2. The Labute approximate surface area is 125 Å². The number of amides is 2. The van der Waals surface area contributed by atoms with Crippen molar-refractivity contribution in [2.75, 3.05) is 0 Å². The van der Waals surface area contributed by atoms with Gasteiger partial charge in [-0.3, -0.25) is 14.5 Å². The van der Waals surface area contributed by atoms with Crippen LogP contribution in [0.2, 0.25) is 0 Å². The van der Waals surface area contributed by atoms with Crippen molar-refractivity contribution >= 4 is 11.8 Å². The number of imide groups is 1. The van der Waals surface area contributed by atoms with Crippen LogP contribution in [0.3, 0.4) is 0 Å². The van der Waals surface area contributed by atoms with Gasteiger partial charge in [0.05, 0.1) is 12.0 Å². The molecule has 2 saturated heterocycles. The lowest BCUT2D eigenvalue weighted by Gasteiger charge is -2.38. The second-order valence-electron chi connectivity index (χ2n) is 6.27. The molecule has 0 bridgehead atoms. The predicted octanol–water partition coefficient (Wildman–Crippen LogP) is 2.06. The summed E-state index contributed by atoms with van der Waals surface area (Å²) in [4.78, 5) is 26.6. The molecule has 0 radical (unpaired) electrons. The highest BCUT2D eigenvalue weighted by Gasteiger charge is 2.45. The van der Waals surface area contributed by atoms with Crippen LogP contribution in [0.4, 0.5) is 0 Å². The molecule has 2 amide bonds. The van der Waals surface area contributed by atoms with E-state index in [9.17, 15) is 9.59 Å². The van der Waals surface area contributed by atoms with E-state index in [2.05, 4.69) is 19.2 Å². The van der Waals surface area contributed by atoms with Crippen molar-refractivity contribution in [3.63, 3.8) is 0 Å². The Bertz CT molecular complexity index is 543. The fourth-order valence-corrected chi connectivity index (χ4v) is 3.61. The van der Waals surface area contributed by atoms with Crippen LogP contribution >= 0.6 is 0 Å². The predicted molar refractivity (Wildman–Crippen MR) is 80.7 cm³/mol. The third-order valence-electron chi connectivity index (χ3n) is 4.74. The van der Waals surface area contributed by atoms with E-state index < -0.39 is 0 Å². The fourth-order valence-electron chi connectivity index (χ4n) is 3.61. The summed E-state index contributed by atoms with van der Waals surface area (Å²) >= 11 is 0. The zero-order valence-electron chi connectivity index (χ0n) is 12.6. The third kappa shape index (κ3) is 2.60. The molecular weight excluding hydrogens is 264 g/mol. The maximum absolute atomic E-state index is 12.7. The van der Waals surface area contributed by atoms with Gasteiger partial charge in [-0.15, -0.1) is 0 Å². The second-order valence-corrected chi connectivity index (χ2v) is 6.27. The van der Waals surface area contributed by atoms with Crippen molar-refractivity contribution < 1.29 is 9.59 Å². The SMILES string of the molecule is CC1CCC(N2C(=O)CC(c3ccccc3)C2=O)C(C)N1. The van der Waals surface area contributed by atoms with Gasteiger partial charge in [-0.2, -0.15) is 0 Å². The van der Waals surface area contributed by atoms with E-state index in [1.807, 2.05) is 30.3 Å². The Morgan fingerprint density at radius 3 is 2.48 bits per heavy atom. The molecule has 0 spiro atoms. The van der Waals surface area contributed by atoms with Crippen LogP contribution < -0.4 is 5.32 Å². The smallest absolute Gasteiger partial charge is 0.237 e. The van der Waals surface area contributed by atoms with Gasteiger partial charge < -0.3 is 5.32 Å². The number of nitrogens with zero attached hydrogens (tertiary/aromatic N) is 1. The van der Waals surface area contributed by atoms with E-state index in [4.69, 9.17) is 0 Å². The summed E-state index contributed by atoms with van der Waals surface area (Å²) in [5.41, 5.74) is 0.947. The van der Waals surface area contributed by atoms with Crippen molar-refractivity contribution in [2.24, 2.45) is 0 Å². The number of carbonyl (C=O) groups is 2. The quantitative estimate of drug-likeness (QED) is 0.847. The highest BCUT2D eigenvalue weighted by Crippen LogP contribution is 2.33. The van der Waals surface area contributed by atoms with Crippen molar-refractivity contribution in [1.82, 2.24) is 10.2 Å². The molecule has 2 heterocycles. The molecule has 2 fully saturated rings. The summed E-state index contributed by atoms with van der Waals surface area (Å²) in [6.45, 7) is 4.21. The topological polar surface area (TPSA) is 49.4 Å². The number of hydrogen-bond acceptors (Lipinski definition) is 3. The van der Waals surface area contributed by atoms with E-state index in [-0.39, 0.29) is 29.8 Å². The summed E-state index contributed by atoms with van der Waals surface area (Å²) < 4.78 is 0. The molecule has 1 aromatic rings. The van der Waals surface area contributed by atoms with Crippen LogP contribution in [0.5, 0.6) is 0 Å². The number of nitrogens with one attached hydrogen (secondary N) is 1. The minimum Gasteiger partial charge on any atom is -0.310 e. The Morgan fingerprint density at radius 2 is 1.81 bits per heavy atom.